The molecule has 4 aliphatic rings. The molecule has 0 saturated heterocycles. The Morgan fingerprint density at radius 2 is 1.97 bits per heavy atom. The number of fused-ring (bicyclic) bond motifs is 5. The van der Waals surface area contributed by atoms with E-state index >= 15 is 4.39 Å². The second kappa shape index (κ2) is 7.71. The van der Waals surface area contributed by atoms with Crippen molar-refractivity contribution in [2.75, 3.05) is 6.67 Å². The third-order valence-corrected chi connectivity index (χ3v) is 9.51. The van der Waals surface area contributed by atoms with E-state index in [0.717, 1.165) is 0 Å². The molecule has 0 aromatic rings. The fourth-order valence-electron chi connectivity index (χ4n) is 8.23. The second-order valence-electron chi connectivity index (χ2n) is 10.9. The molecule has 4 aliphatic carbocycles. The lowest BCUT2D eigenvalue weighted by molar-refractivity contribution is -0.207. The van der Waals surface area contributed by atoms with Gasteiger partial charge in [-0.05, 0) is 60.5 Å². The SMILES string of the molecule is CCC(=O)O[C@]1(C(=O)CF)C(C)C[C@H]2[C@@H]3CC(F)C4=CC(=O)CC[C@]4(C)[C@H]3C(O)C[C@@]21C. The van der Waals surface area contributed by atoms with E-state index in [1.165, 1.54) is 6.08 Å². The van der Waals surface area contributed by atoms with Crippen LogP contribution in [0.15, 0.2) is 11.6 Å². The first kappa shape index (κ1) is 23.5. The van der Waals surface area contributed by atoms with Gasteiger partial charge in [-0.2, -0.15) is 0 Å². The molecule has 0 bridgehead atoms. The molecule has 9 atom stereocenters. The van der Waals surface area contributed by atoms with Crippen LogP contribution in [0.2, 0.25) is 0 Å². The maximum absolute atomic E-state index is 15.5. The minimum Gasteiger partial charge on any atom is -0.450 e. The molecule has 0 spiro atoms. The molecule has 0 aliphatic heterocycles. The van der Waals surface area contributed by atoms with Gasteiger partial charge in [0.25, 0.3) is 0 Å². The van der Waals surface area contributed by atoms with Crippen LogP contribution < -0.4 is 0 Å². The molecular weight excluding hydrogens is 418 g/mol. The summed E-state index contributed by atoms with van der Waals surface area (Å²) in [5, 5.41) is 11.5. The van der Waals surface area contributed by atoms with Crippen molar-refractivity contribution in [1.82, 2.24) is 0 Å². The summed E-state index contributed by atoms with van der Waals surface area (Å²) in [6, 6.07) is 0. The normalized spacial score (nSPS) is 47.7. The number of aliphatic hydroxyl groups excluding tert-OH is 1. The number of halogens is 2. The first-order valence-electron chi connectivity index (χ1n) is 11.8. The highest BCUT2D eigenvalue weighted by Gasteiger charge is 2.73. The van der Waals surface area contributed by atoms with Crippen molar-refractivity contribution in [2.45, 2.75) is 84.1 Å². The van der Waals surface area contributed by atoms with Crippen LogP contribution in [0.5, 0.6) is 0 Å². The monoisotopic (exact) mass is 452 g/mol. The second-order valence-corrected chi connectivity index (χ2v) is 10.9. The molecule has 0 aromatic carbocycles. The molecule has 3 unspecified atom stereocenters. The largest absolute Gasteiger partial charge is 0.450 e. The summed E-state index contributed by atoms with van der Waals surface area (Å²) in [4.78, 5) is 37.5. The molecule has 3 saturated carbocycles. The van der Waals surface area contributed by atoms with Crippen LogP contribution >= 0.6 is 0 Å². The number of ether oxygens (including phenoxy) is 1. The van der Waals surface area contributed by atoms with Gasteiger partial charge in [0.1, 0.15) is 6.17 Å². The van der Waals surface area contributed by atoms with E-state index in [1.807, 2.05) is 13.8 Å². The minimum absolute atomic E-state index is 0.0518. The van der Waals surface area contributed by atoms with Gasteiger partial charge in [-0.1, -0.05) is 27.7 Å². The molecule has 4 rings (SSSR count). The van der Waals surface area contributed by atoms with Gasteiger partial charge in [0, 0.05) is 24.2 Å². The number of ketones is 2. The van der Waals surface area contributed by atoms with Gasteiger partial charge >= 0.3 is 5.97 Å². The molecule has 0 amide bonds. The number of aliphatic hydroxyl groups is 1. The van der Waals surface area contributed by atoms with Crippen molar-refractivity contribution in [1.29, 1.82) is 0 Å². The standard InChI is InChI=1S/C25H34F2O5/c1-5-21(31)32-25(20(30)12-26)13(2)8-16-15-10-18(27)17-9-14(28)6-7-23(17,3)22(15)19(29)11-24(16,25)4/h9,13,15-16,18-19,22,29H,5-8,10-12H2,1-4H3/t13?,15-,16-,18?,19?,22+,23-,24-,25-/m0/s1. The van der Waals surface area contributed by atoms with Crippen molar-refractivity contribution < 1.29 is 33.0 Å². The van der Waals surface area contributed by atoms with Crippen LogP contribution in [-0.2, 0) is 19.1 Å². The van der Waals surface area contributed by atoms with Crippen molar-refractivity contribution in [3.63, 3.8) is 0 Å². The van der Waals surface area contributed by atoms with Crippen LogP contribution in [0, 0.1) is 34.5 Å². The maximum atomic E-state index is 15.5. The fraction of sp³-hybridized carbons (Fsp3) is 0.800. The van der Waals surface area contributed by atoms with Gasteiger partial charge in [0.05, 0.1) is 6.10 Å². The average Bonchev–Trinajstić information content (AvgIpc) is 2.95. The Labute approximate surface area is 188 Å². The molecule has 0 radical (unpaired) electrons. The molecule has 178 valence electrons. The number of allylic oxidation sites excluding steroid dienone is 1. The smallest absolute Gasteiger partial charge is 0.306 e. The average molecular weight is 453 g/mol. The zero-order valence-electron chi connectivity index (χ0n) is 19.3. The Kier molecular flexibility index (Phi) is 5.67. The summed E-state index contributed by atoms with van der Waals surface area (Å²) in [5.74, 6) is -2.61. The van der Waals surface area contributed by atoms with Gasteiger partial charge in [0.2, 0.25) is 5.78 Å². The molecule has 32 heavy (non-hydrogen) atoms. The van der Waals surface area contributed by atoms with E-state index in [2.05, 4.69) is 0 Å². The van der Waals surface area contributed by atoms with Crippen LogP contribution in [0.3, 0.4) is 0 Å². The topological polar surface area (TPSA) is 80.7 Å². The predicted molar refractivity (Wildman–Crippen MR) is 113 cm³/mol. The van der Waals surface area contributed by atoms with Gasteiger partial charge in [0.15, 0.2) is 18.1 Å². The highest BCUT2D eigenvalue weighted by Crippen LogP contribution is 2.69. The maximum Gasteiger partial charge on any atom is 0.306 e. The Bertz CT molecular complexity index is 870. The van der Waals surface area contributed by atoms with E-state index in [9.17, 15) is 23.9 Å². The quantitative estimate of drug-likeness (QED) is 0.654. The predicted octanol–water partition coefficient (Wildman–Crippen LogP) is 3.91. The van der Waals surface area contributed by atoms with Crippen LogP contribution in [-0.4, -0.2) is 47.2 Å². The summed E-state index contributed by atoms with van der Waals surface area (Å²) >= 11 is 0. The number of carbonyl (C=O) groups excluding carboxylic acids is 3. The highest BCUT2D eigenvalue weighted by atomic mass is 19.1. The molecule has 0 heterocycles. The fourth-order valence-corrected chi connectivity index (χ4v) is 8.23. The van der Waals surface area contributed by atoms with Crippen molar-refractivity contribution >= 4 is 17.5 Å². The van der Waals surface area contributed by atoms with Crippen molar-refractivity contribution in [3.8, 4) is 0 Å². The van der Waals surface area contributed by atoms with Crippen molar-refractivity contribution in [3.05, 3.63) is 11.6 Å². The zero-order valence-corrected chi connectivity index (χ0v) is 19.3. The van der Waals surface area contributed by atoms with E-state index in [-0.39, 0.29) is 42.8 Å². The molecule has 7 heteroatoms. The summed E-state index contributed by atoms with van der Waals surface area (Å²) in [6.07, 6.45) is 0.901. The third-order valence-electron chi connectivity index (χ3n) is 9.51. The third kappa shape index (κ3) is 2.92. The molecular formula is C25H34F2O5. The zero-order chi connectivity index (χ0) is 23.6. The lowest BCUT2D eigenvalue weighted by atomic mass is 9.45. The Hall–Kier alpha value is -1.63. The van der Waals surface area contributed by atoms with Gasteiger partial charge < -0.3 is 9.84 Å². The van der Waals surface area contributed by atoms with E-state index in [1.54, 1.807) is 13.8 Å². The Morgan fingerprint density at radius 1 is 1.28 bits per heavy atom. The summed E-state index contributed by atoms with van der Waals surface area (Å²) in [7, 11) is 0. The number of Topliss-reactive ketones (excluding diaryl/α,β-unsaturated/α-hetero) is 1. The first-order chi connectivity index (χ1) is 15.0. The van der Waals surface area contributed by atoms with Crippen molar-refractivity contribution in [2.24, 2.45) is 34.5 Å². The molecule has 3 fully saturated rings. The van der Waals surface area contributed by atoms with E-state index in [0.29, 0.717) is 24.8 Å². The van der Waals surface area contributed by atoms with Crippen LogP contribution in [0.4, 0.5) is 8.78 Å². The summed E-state index contributed by atoms with van der Waals surface area (Å²) in [6.45, 7) is 5.91. The van der Waals surface area contributed by atoms with Gasteiger partial charge in [-0.25, -0.2) is 8.78 Å². The van der Waals surface area contributed by atoms with E-state index < -0.39 is 53.1 Å². The molecule has 5 nitrogen and oxygen atoms in total. The summed E-state index contributed by atoms with van der Waals surface area (Å²) < 4.78 is 35.1. The number of hydrogen-bond acceptors (Lipinski definition) is 5. The lowest BCUT2D eigenvalue weighted by Crippen LogP contribution is -2.65. The minimum atomic E-state index is -1.67. The van der Waals surface area contributed by atoms with Crippen LogP contribution in [0.1, 0.15) is 66.2 Å². The number of alkyl halides is 2. The highest BCUT2D eigenvalue weighted by molar-refractivity contribution is 5.93. The van der Waals surface area contributed by atoms with Gasteiger partial charge in [-0.15, -0.1) is 0 Å². The number of esters is 1. The van der Waals surface area contributed by atoms with Crippen LogP contribution in [0.25, 0.3) is 0 Å². The van der Waals surface area contributed by atoms with E-state index in [4.69, 9.17) is 4.74 Å². The molecule has 1 N–H and O–H groups in total. The van der Waals surface area contributed by atoms with Gasteiger partial charge in [-0.3, -0.25) is 14.4 Å². The summed E-state index contributed by atoms with van der Waals surface area (Å²) in [5.41, 5.74) is -2.83. The lowest BCUT2D eigenvalue weighted by Gasteiger charge is -2.61. The number of rotatable bonds is 4. The Morgan fingerprint density at radius 3 is 2.59 bits per heavy atom. The Balaban J connectivity index is 1.82. The number of hydrogen-bond donors (Lipinski definition) is 1. The molecule has 0 aromatic heterocycles. The first-order valence-corrected chi connectivity index (χ1v) is 11.8. The number of carbonyl (C=O) groups is 3.